The molecule has 0 bridgehead atoms. The lowest BCUT2D eigenvalue weighted by atomic mass is 10.1. The molecule has 0 aliphatic heterocycles. The monoisotopic (exact) mass is 260 g/mol. The maximum atomic E-state index is 11.1. The van der Waals surface area contributed by atoms with Gasteiger partial charge in [-0.15, -0.1) is 0 Å². The molecule has 0 aromatic carbocycles. The van der Waals surface area contributed by atoms with Gasteiger partial charge in [-0.2, -0.15) is 5.10 Å². The normalized spacial score (nSPS) is 12.0. The van der Waals surface area contributed by atoms with Crippen LogP contribution in [0.15, 0.2) is 0 Å². The molecule has 0 spiro atoms. The third-order valence-electron chi connectivity index (χ3n) is 2.75. The molecule has 0 aliphatic carbocycles. The van der Waals surface area contributed by atoms with Crippen molar-refractivity contribution in [1.29, 1.82) is 0 Å². The Kier molecular flexibility index (Phi) is 4.70. The first-order valence-corrected chi connectivity index (χ1v) is 7.85. The highest BCUT2D eigenvalue weighted by atomic mass is 32.2. The third kappa shape index (κ3) is 3.54. The number of aliphatic hydroxyl groups is 1. The maximum absolute atomic E-state index is 11.1. The molecule has 0 amide bonds. The van der Waals surface area contributed by atoms with E-state index in [-0.39, 0.29) is 12.4 Å². The number of aryl methyl sites for hydroxylation is 2. The highest BCUT2D eigenvalue weighted by Crippen LogP contribution is 2.16. The molecule has 5 nitrogen and oxygen atoms in total. The van der Waals surface area contributed by atoms with Crippen molar-refractivity contribution < 1.29 is 13.5 Å². The Morgan fingerprint density at radius 2 is 1.94 bits per heavy atom. The second-order valence-electron chi connectivity index (χ2n) is 4.09. The van der Waals surface area contributed by atoms with Gasteiger partial charge in [-0.25, -0.2) is 8.42 Å². The molecule has 0 fully saturated rings. The largest absolute Gasteiger partial charge is 0.392 e. The minimum absolute atomic E-state index is 0.0365. The molecule has 0 radical (unpaired) electrons. The first-order chi connectivity index (χ1) is 7.92. The molecule has 17 heavy (non-hydrogen) atoms. The summed E-state index contributed by atoms with van der Waals surface area (Å²) in [4.78, 5) is 0. The van der Waals surface area contributed by atoms with Crippen LogP contribution in [0.4, 0.5) is 0 Å². The van der Waals surface area contributed by atoms with Crippen molar-refractivity contribution in [3.63, 3.8) is 0 Å². The summed E-state index contributed by atoms with van der Waals surface area (Å²) in [5.74, 6) is 0.0791. The summed E-state index contributed by atoms with van der Waals surface area (Å²) in [5.41, 5.74) is 2.65. The zero-order valence-electron chi connectivity index (χ0n) is 10.6. The molecule has 0 aliphatic rings. The van der Waals surface area contributed by atoms with E-state index in [2.05, 4.69) is 5.10 Å². The summed E-state index contributed by atoms with van der Waals surface area (Å²) in [5, 5.41) is 13.7. The Labute approximate surface area is 102 Å². The smallest absolute Gasteiger partial charge is 0.149 e. The number of sulfone groups is 1. The van der Waals surface area contributed by atoms with Crippen molar-refractivity contribution in [2.24, 2.45) is 0 Å². The van der Waals surface area contributed by atoms with E-state index in [1.54, 1.807) is 4.68 Å². The molecule has 0 atom stereocenters. The van der Waals surface area contributed by atoms with Crippen molar-refractivity contribution in [1.82, 2.24) is 9.78 Å². The van der Waals surface area contributed by atoms with Crippen molar-refractivity contribution >= 4 is 9.84 Å². The summed E-state index contributed by atoms with van der Waals surface area (Å²) in [6.45, 7) is 4.27. The van der Waals surface area contributed by atoms with Crippen LogP contribution >= 0.6 is 0 Å². The SMILES string of the molecule is CCc1nn(CCS(C)(=O)=O)c(CC)c1CO. The third-order valence-corrected chi connectivity index (χ3v) is 3.68. The molecule has 1 N–H and O–H groups in total. The van der Waals surface area contributed by atoms with Crippen LogP contribution in [0.3, 0.4) is 0 Å². The van der Waals surface area contributed by atoms with Crippen LogP contribution in [0.2, 0.25) is 0 Å². The van der Waals surface area contributed by atoms with Gasteiger partial charge in [-0.3, -0.25) is 4.68 Å². The Hall–Kier alpha value is -0.880. The molecule has 1 aromatic rings. The fourth-order valence-corrected chi connectivity index (χ4v) is 2.39. The number of hydrogen-bond acceptors (Lipinski definition) is 4. The minimum atomic E-state index is -2.99. The van der Waals surface area contributed by atoms with E-state index in [4.69, 9.17) is 0 Å². The first kappa shape index (κ1) is 14.2. The van der Waals surface area contributed by atoms with Crippen LogP contribution in [0.5, 0.6) is 0 Å². The zero-order valence-corrected chi connectivity index (χ0v) is 11.4. The Morgan fingerprint density at radius 1 is 1.29 bits per heavy atom. The predicted molar refractivity (Wildman–Crippen MR) is 66.6 cm³/mol. The molecule has 1 rings (SSSR count). The van der Waals surface area contributed by atoms with E-state index in [9.17, 15) is 13.5 Å². The lowest BCUT2D eigenvalue weighted by Crippen LogP contribution is -2.14. The van der Waals surface area contributed by atoms with Crippen molar-refractivity contribution in [2.75, 3.05) is 12.0 Å². The molecular weight excluding hydrogens is 240 g/mol. The zero-order chi connectivity index (χ0) is 13.1. The number of nitrogens with zero attached hydrogens (tertiary/aromatic N) is 2. The van der Waals surface area contributed by atoms with Crippen LogP contribution in [-0.2, 0) is 35.8 Å². The standard InChI is InChI=1S/C11H20N2O3S/c1-4-10-9(8-14)11(5-2)13(12-10)6-7-17(3,15)16/h14H,4-8H2,1-3H3. The Bertz CT molecular complexity index is 477. The highest BCUT2D eigenvalue weighted by Gasteiger charge is 2.15. The van der Waals surface area contributed by atoms with Gasteiger partial charge in [0.1, 0.15) is 9.84 Å². The summed E-state index contributed by atoms with van der Waals surface area (Å²) in [6.07, 6.45) is 2.71. The minimum Gasteiger partial charge on any atom is -0.392 e. The van der Waals surface area contributed by atoms with E-state index >= 15 is 0 Å². The van der Waals surface area contributed by atoms with Crippen molar-refractivity contribution in [2.45, 2.75) is 39.8 Å². The number of hydrogen-bond donors (Lipinski definition) is 1. The van der Waals surface area contributed by atoms with Crippen LogP contribution in [0.1, 0.15) is 30.8 Å². The van der Waals surface area contributed by atoms with E-state index in [0.29, 0.717) is 6.54 Å². The van der Waals surface area contributed by atoms with Gasteiger partial charge in [0.15, 0.2) is 0 Å². The summed E-state index contributed by atoms with van der Waals surface area (Å²) in [7, 11) is -2.99. The van der Waals surface area contributed by atoms with Gasteiger partial charge in [0.2, 0.25) is 0 Å². The van der Waals surface area contributed by atoms with Gasteiger partial charge in [-0.05, 0) is 12.8 Å². The highest BCUT2D eigenvalue weighted by molar-refractivity contribution is 7.90. The van der Waals surface area contributed by atoms with Crippen LogP contribution < -0.4 is 0 Å². The van der Waals surface area contributed by atoms with E-state index in [0.717, 1.165) is 29.8 Å². The maximum Gasteiger partial charge on any atom is 0.149 e. The van der Waals surface area contributed by atoms with Crippen LogP contribution in [0.25, 0.3) is 0 Å². The van der Waals surface area contributed by atoms with Crippen LogP contribution in [-0.4, -0.2) is 35.3 Å². The molecule has 98 valence electrons. The molecule has 1 aromatic heterocycles. The summed E-state index contributed by atoms with van der Waals surface area (Å²) < 4.78 is 24.0. The summed E-state index contributed by atoms with van der Waals surface area (Å²) >= 11 is 0. The van der Waals surface area contributed by atoms with E-state index < -0.39 is 9.84 Å². The number of aromatic nitrogens is 2. The van der Waals surface area contributed by atoms with Crippen molar-refractivity contribution in [3.05, 3.63) is 17.0 Å². The second kappa shape index (κ2) is 5.64. The van der Waals surface area contributed by atoms with Gasteiger partial charge in [0.25, 0.3) is 0 Å². The molecule has 6 heteroatoms. The topological polar surface area (TPSA) is 72.2 Å². The molecule has 0 saturated heterocycles. The lowest BCUT2D eigenvalue weighted by molar-refractivity contribution is 0.279. The van der Waals surface area contributed by atoms with Gasteiger partial charge >= 0.3 is 0 Å². The van der Waals surface area contributed by atoms with E-state index in [1.165, 1.54) is 6.26 Å². The second-order valence-corrected chi connectivity index (χ2v) is 6.35. The van der Waals surface area contributed by atoms with Gasteiger partial charge in [0, 0.05) is 17.5 Å². The molecule has 0 unspecified atom stereocenters. The predicted octanol–water partition coefficient (Wildman–Crippen LogP) is 0.545. The summed E-state index contributed by atoms with van der Waals surface area (Å²) in [6, 6.07) is 0. The average molecular weight is 260 g/mol. The van der Waals surface area contributed by atoms with Gasteiger partial charge in [-0.1, -0.05) is 13.8 Å². The first-order valence-electron chi connectivity index (χ1n) is 5.78. The molecular formula is C11H20N2O3S. The van der Waals surface area contributed by atoms with Gasteiger partial charge < -0.3 is 5.11 Å². The van der Waals surface area contributed by atoms with E-state index in [1.807, 2.05) is 13.8 Å². The molecule has 0 saturated carbocycles. The fraction of sp³-hybridized carbons (Fsp3) is 0.727. The van der Waals surface area contributed by atoms with Crippen molar-refractivity contribution in [3.8, 4) is 0 Å². The Morgan fingerprint density at radius 3 is 2.35 bits per heavy atom. The van der Waals surface area contributed by atoms with Crippen LogP contribution in [0, 0.1) is 0 Å². The van der Waals surface area contributed by atoms with Gasteiger partial charge in [0.05, 0.1) is 24.6 Å². The fourth-order valence-electron chi connectivity index (χ4n) is 1.89. The lowest BCUT2D eigenvalue weighted by Gasteiger charge is -2.05. The number of aliphatic hydroxyl groups excluding tert-OH is 1. The Balaban J connectivity index is 3.03. The quantitative estimate of drug-likeness (QED) is 0.810. The molecule has 1 heterocycles. The number of rotatable bonds is 6. The average Bonchev–Trinajstić information content (AvgIpc) is 2.62.